The standard InChI is InChI=1S/C16H22FNO3/c1-15(21-3,11-20-2)10-18-14(19)16(8-9-16)12-4-6-13(17)7-5-12/h4-7H,8-11H2,1-3H3,(H,18,19). The molecule has 1 saturated carbocycles. The second-order valence-corrected chi connectivity index (χ2v) is 5.86. The van der Waals surface area contributed by atoms with Crippen LogP contribution in [0.15, 0.2) is 24.3 Å². The molecule has 0 aliphatic heterocycles. The number of carbonyl (C=O) groups is 1. The summed E-state index contributed by atoms with van der Waals surface area (Å²) < 4.78 is 23.5. The molecule has 5 heteroatoms. The first-order valence-electron chi connectivity index (χ1n) is 7.04. The quantitative estimate of drug-likeness (QED) is 0.837. The van der Waals surface area contributed by atoms with E-state index in [1.807, 2.05) is 6.92 Å². The Hall–Kier alpha value is -1.46. The minimum Gasteiger partial charge on any atom is -0.382 e. The van der Waals surface area contributed by atoms with Crippen molar-refractivity contribution in [2.24, 2.45) is 0 Å². The summed E-state index contributed by atoms with van der Waals surface area (Å²) in [5, 5.41) is 2.94. The second kappa shape index (κ2) is 6.12. The SMILES string of the molecule is COCC(C)(CNC(=O)C1(c2ccc(F)cc2)CC1)OC. The van der Waals surface area contributed by atoms with Gasteiger partial charge in [0.15, 0.2) is 0 Å². The van der Waals surface area contributed by atoms with Crippen molar-refractivity contribution in [1.82, 2.24) is 5.32 Å². The highest BCUT2D eigenvalue weighted by Crippen LogP contribution is 2.48. The molecule has 1 aromatic rings. The van der Waals surface area contributed by atoms with E-state index in [1.54, 1.807) is 26.4 Å². The molecule has 0 radical (unpaired) electrons. The molecular weight excluding hydrogens is 273 g/mol. The van der Waals surface area contributed by atoms with Gasteiger partial charge in [-0.05, 0) is 37.5 Å². The number of methoxy groups -OCH3 is 2. The van der Waals surface area contributed by atoms with Crippen molar-refractivity contribution in [3.63, 3.8) is 0 Å². The van der Waals surface area contributed by atoms with Crippen LogP contribution in [0.3, 0.4) is 0 Å². The first-order chi connectivity index (χ1) is 9.96. The van der Waals surface area contributed by atoms with E-state index in [-0.39, 0.29) is 11.7 Å². The third-order valence-corrected chi connectivity index (χ3v) is 4.15. The van der Waals surface area contributed by atoms with Gasteiger partial charge in [0.25, 0.3) is 0 Å². The van der Waals surface area contributed by atoms with Gasteiger partial charge in [-0.2, -0.15) is 0 Å². The van der Waals surface area contributed by atoms with Crippen molar-refractivity contribution in [2.75, 3.05) is 27.4 Å². The van der Waals surface area contributed by atoms with Crippen molar-refractivity contribution in [2.45, 2.75) is 30.8 Å². The van der Waals surface area contributed by atoms with Gasteiger partial charge < -0.3 is 14.8 Å². The summed E-state index contributed by atoms with van der Waals surface area (Å²) >= 11 is 0. The maximum Gasteiger partial charge on any atom is 0.230 e. The number of hydrogen-bond donors (Lipinski definition) is 1. The van der Waals surface area contributed by atoms with Gasteiger partial charge in [0.1, 0.15) is 11.4 Å². The van der Waals surface area contributed by atoms with E-state index in [0.717, 1.165) is 18.4 Å². The second-order valence-electron chi connectivity index (χ2n) is 5.86. The van der Waals surface area contributed by atoms with Crippen LogP contribution in [-0.2, 0) is 19.7 Å². The summed E-state index contributed by atoms with van der Waals surface area (Å²) in [5.74, 6) is -0.324. The Labute approximate surface area is 124 Å². The summed E-state index contributed by atoms with van der Waals surface area (Å²) in [5.41, 5.74) is -0.189. The molecule has 1 unspecified atom stereocenters. The average Bonchev–Trinajstić information content (AvgIpc) is 3.27. The number of nitrogens with one attached hydrogen (secondary N) is 1. The van der Waals surface area contributed by atoms with Gasteiger partial charge >= 0.3 is 0 Å². The number of hydrogen-bond acceptors (Lipinski definition) is 3. The van der Waals surface area contributed by atoms with E-state index in [4.69, 9.17) is 9.47 Å². The Morgan fingerprint density at radius 1 is 1.33 bits per heavy atom. The highest BCUT2D eigenvalue weighted by Gasteiger charge is 2.51. The van der Waals surface area contributed by atoms with Crippen LogP contribution in [-0.4, -0.2) is 38.9 Å². The highest BCUT2D eigenvalue weighted by atomic mass is 19.1. The van der Waals surface area contributed by atoms with Crippen LogP contribution in [0.1, 0.15) is 25.3 Å². The molecule has 1 amide bonds. The Balaban J connectivity index is 2.01. The molecule has 0 aromatic heterocycles. The first-order valence-corrected chi connectivity index (χ1v) is 7.04. The Morgan fingerprint density at radius 3 is 2.43 bits per heavy atom. The molecule has 1 aliphatic carbocycles. The van der Waals surface area contributed by atoms with Crippen molar-refractivity contribution in [3.8, 4) is 0 Å². The monoisotopic (exact) mass is 295 g/mol. The van der Waals surface area contributed by atoms with Crippen LogP contribution in [0.4, 0.5) is 4.39 Å². The van der Waals surface area contributed by atoms with Gasteiger partial charge in [-0.25, -0.2) is 4.39 Å². The Kier molecular flexibility index (Phi) is 4.64. The minimum atomic E-state index is -0.552. The molecule has 1 N–H and O–H groups in total. The van der Waals surface area contributed by atoms with Crippen molar-refractivity contribution in [3.05, 3.63) is 35.6 Å². The largest absolute Gasteiger partial charge is 0.382 e. The molecule has 0 heterocycles. The van der Waals surface area contributed by atoms with Gasteiger partial charge in [-0.15, -0.1) is 0 Å². The fourth-order valence-corrected chi connectivity index (χ4v) is 2.46. The molecule has 0 saturated heterocycles. The summed E-state index contributed by atoms with van der Waals surface area (Å²) in [6, 6.07) is 6.17. The fourth-order valence-electron chi connectivity index (χ4n) is 2.46. The molecule has 1 fully saturated rings. The third-order valence-electron chi connectivity index (χ3n) is 4.15. The van der Waals surface area contributed by atoms with Crippen LogP contribution < -0.4 is 5.32 Å². The molecular formula is C16H22FNO3. The molecule has 1 aliphatic rings. The molecule has 116 valence electrons. The molecule has 4 nitrogen and oxygen atoms in total. The predicted octanol–water partition coefficient (Wildman–Crippen LogP) is 2.02. The number of rotatable bonds is 7. The van der Waals surface area contributed by atoms with Gasteiger partial charge in [-0.3, -0.25) is 4.79 Å². The number of halogens is 1. The number of ether oxygens (including phenoxy) is 2. The minimum absolute atomic E-state index is 0.0338. The number of carbonyl (C=O) groups excluding carboxylic acids is 1. The van der Waals surface area contributed by atoms with E-state index in [9.17, 15) is 9.18 Å². The zero-order valence-corrected chi connectivity index (χ0v) is 12.7. The van der Waals surface area contributed by atoms with Gasteiger partial charge in [0, 0.05) is 20.8 Å². The smallest absolute Gasteiger partial charge is 0.230 e. The highest BCUT2D eigenvalue weighted by molar-refractivity contribution is 5.91. The van der Waals surface area contributed by atoms with Crippen LogP contribution >= 0.6 is 0 Å². The summed E-state index contributed by atoms with van der Waals surface area (Å²) in [6.07, 6.45) is 1.58. The van der Waals surface area contributed by atoms with Crippen LogP contribution in [0, 0.1) is 5.82 Å². The van der Waals surface area contributed by atoms with Crippen molar-refractivity contribution in [1.29, 1.82) is 0 Å². The maximum atomic E-state index is 13.0. The zero-order valence-electron chi connectivity index (χ0n) is 12.7. The molecule has 2 rings (SSSR count). The van der Waals surface area contributed by atoms with E-state index >= 15 is 0 Å². The first kappa shape index (κ1) is 15.9. The predicted molar refractivity (Wildman–Crippen MR) is 77.6 cm³/mol. The third kappa shape index (κ3) is 3.41. The topological polar surface area (TPSA) is 47.6 Å². The van der Waals surface area contributed by atoms with Crippen LogP contribution in [0.2, 0.25) is 0 Å². The maximum absolute atomic E-state index is 13.0. The molecule has 21 heavy (non-hydrogen) atoms. The van der Waals surface area contributed by atoms with Gasteiger partial charge in [-0.1, -0.05) is 12.1 Å². The molecule has 0 bridgehead atoms. The molecule has 1 aromatic carbocycles. The van der Waals surface area contributed by atoms with Crippen LogP contribution in [0.25, 0.3) is 0 Å². The van der Waals surface area contributed by atoms with Crippen LogP contribution in [0.5, 0.6) is 0 Å². The Bertz CT molecular complexity index is 499. The van der Waals surface area contributed by atoms with E-state index in [2.05, 4.69) is 5.32 Å². The lowest BCUT2D eigenvalue weighted by Gasteiger charge is -2.28. The summed E-state index contributed by atoms with van der Waals surface area (Å²) in [6.45, 7) is 2.65. The molecule has 1 atom stereocenters. The lowest BCUT2D eigenvalue weighted by atomic mass is 9.94. The lowest BCUT2D eigenvalue weighted by molar-refractivity contribution is -0.125. The normalized spacial score (nSPS) is 18.9. The summed E-state index contributed by atoms with van der Waals surface area (Å²) in [7, 11) is 3.19. The van der Waals surface area contributed by atoms with E-state index in [1.165, 1.54) is 12.1 Å². The van der Waals surface area contributed by atoms with E-state index in [0.29, 0.717) is 13.2 Å². The summed E-state index contributed by atoms with van der Waals surface area (Å²) in [4.78, 5) is 12.5. The fraction of sp³-hybridized carbons (Fsp3) is 0.562. The van der Waals surface area contributed by atoms with Crippen molar-refractivity contribution >= 4 is 5.91 Å². The van der Waals surface area contributed by atoms with Gasteiger partial charge in [0.05, 0.1) is 12.0 Å². The Morgan fingerprint density at radius 2 is 1.95 bits per heavy atom. The van der Waals surface area contributed by atoms with E-state index < -0.39 is 11.0 Å². The zero-order chi connectivity index (χ0) is 15.5. The lowest BCUT2D eigenvalue weighted by Crippen LogP contribution is -2.48. The molecule has 0 spiro atoms. The van der Waals surface area contributed by atoms with Gasteiger partial charge in [0.2, 0.25) is 5.91 Å². The number of benzene rings is 1. The average molecular weight is 295 g/mol. The van der Waals surface area contributed by atoms with Crippen molar-refractivity contribution < 1.29 is 18.7 Å². The number of amides is 1.